The summed E-state index contributed by atoms with van der Waals surface area (Å²) in [7, 11) is 0. The summed E-state index contributed by atoms with van der Waals surface area (Å²) in [4.78, 5) is 49.5. The highest BCUT2D eigenvalue weighted by molar-refractivity contribution is 8.12. The first kappa shape index (κ1) is 24.2. The Morgan fingerprint density at radius 2 is 1.89 bits per heavy atom. The van der Waals surface area contributed by atoms with Gasteiger partial charge in [0.05, 0.1) is 12.6 Å². The molecule has 0 bridgehead atoms. The molecule has 0 aromatic rings. The van der Waals surface area contributed by atoms with Crippen LogP contribution >= 0.6 is 11.9 Å². The highest BCUT2D eigenvalue weighted by Crippen LogP contribution is 2.24. The molecule has 1 fully saturated rings. The Hall–Kier alpha value is -1.81. The molecule has 28 heavy (non-hydrogen) atoms. The van der Waals surface area contributed by atoms with Gasteiger partial charge in [0.2, 0.25) is 16.9 Å². The lowest BCUT2D eigenvalue weighted by molar-refractivity contribution is -0.126. The van der Waals surface area contributed by atoms with Gasteiger partial charge in [0.25, 0.3) is 0 Å². The predicted molar refractivity (Wildman–Crippen MR) is 107 cm³/mol. The fourth-order valence-electron chi connectivity index (χ4n) is 2.73. The molecule has 0 aromatic carbocycles. The molecule has 0 aromatic heterocycles. The smallest absolute Gasteiger partial charge is 0.410 e. The van der Waals surface area contributed by atoms with Crippen LogP contribution in [0, 0.1) is 5.92 Å². The number of ether oxygens (including phenoxy) is 1. The van der Waals surface area contributed by atoms with Crippen molar-refractivity contribution in [1.29, 1.82) is 0 Å². The second-order valence-corrected chi connectivity index (χ2v) is 9.08. The average Bonchev–Trinajstić information content (AvgIpc) is 3.04. The number of carbonyl (C=O) groups is 4. The Bertz CT molecular complexity index is 591. The minimum Gasteiger partial charge on any atom is -0.444 e. The minimum atomic E-state index is -0.662. The molecule has 1 aliphatic heterocycles. The van der Waals surface area contributed by atoms with Crippen LogP contribution in [0.4, 0.5) is 4.79 Å². The van der Waals surface area contributed by atoms with Crippen LogP contribution in [-0.4, -0.2) is 58.7 Å². The third-order valence-electron chi connectivity index (χ3n) is 3.92. The standard InChI is InChI=1S/C18H32N4O5S/c1-11(2)9-12(15(24)20-10-14(19)23)21-28-16(25)13-7-6-8-22(13)17(26)27-18(3,4)5/h11-13,21H,6-10H2,1-5H3,(H2,19,23)(H,20,24)/t12-,13-/m0/s1. The first-order valence-electron chi connectivity index (χ1n) is 9.42. The van der Waals surface area contributed by atoms with Gasteiger partial charge in [0.15, 0.2) is 0 Å². The van der Waals surface area contributed by atoms with E-state index in [0.717, 1.165) is 11.9 Å². The zero-order valence-electron chi connectivity index (χ0n) is 17.2. The van der Waals surface area contributed by atoms with Crippen LogP contribution in [0.5, 0.6) is 0 Å². The van der Waals surface area contributed by atoms with Crippen molar-refractivity contribution in [2.24, 2.45) is 11.7 Å². The molecule has 1 saturated heterocycles. The Labute approximate surface area is 170 Å². The number of nitrogens with zero attached hydrogens (tertiary/aromatic N) is 1. The van der Waals surface area contributed by atoms with Gasteiger partial charge in [-0.2, -0.15) is 0 Å². The van der Waals surface area contributed by atoms with Crippen molar-refractivity contribution in [3.63, 3.8) is 0 Å². The summed E-state index contributed by atoms with van der Waals surface area (Å²) in [5.74, 6) is -0.847. The first-order chi connectivity index (χ1) is 12.9. The molecule has 0 radical (unpaired) electrons. The normalized spacial score (nSPS) is 18.1. The molecule has 10 heteroatoms. The van der Waals surface area contributed by atoms with Crippen LogP contribution < -0.4 is 15.8 Å². The minimum absolute atomic E-state index is 0.192. The molecule has 4 N–H and O–H groups in total. The predicted octanol–water partition coefficient (Wildman–Crippen LogP) is 1.17. The first-order valence-corrected chi connectivity index (χ1v) is 10.2. The van der Waals surface area contributed by atoms with Crippen LogP contribution in [0.2, 0.25) is 0 Å². The van der Waals surface area contributed by atoms with Crippen LogP contribution in [0.15, 0.2) is 0 Å². The van der Waals surface area contributed by atoms with E-state index in [1.807, 2.05) is 13.8 Å². The van der Waals surface area contributed by atoms with Crippen molar-refractivity contribution in [1.82, 2.24) is 14.9 Å². The van der Waals surface area contributed by atoms with Gasteiger partial charge in [-0.3, -0.25) is 19.3 Å². The summed E-state index contributed by atoms with van der Waals surface area (Å²) >= 11 is 0.810. The molecule has 1 aliphatic rings. The van der Waals surface area contributed by atoms with Crippen LogP contribution in [0.1, 0.15) is 53.9 Å². The maximum Gasteiger partial charge on any atom is 0.410 e. The van der Waals surface area contributed by atoms with E-state index >= 15 is 0 Å². The van der Waals surface area contributed by atoms with Crippen molar-refractivity contribution in [2.75, 3.05) is 13.1 Å². The number of rotatable bonds is 8. The highest BCUT2D eigenvalue weighted by atomic mass is 32.2. The number of hydrogen-bond acceptors (Lipinski definition) is 7. The van der Waals surface area contributed by atoms with Gasteiger partial charge in [-0.05, 0) is 57.9 Å². The van der Waals surface area contributed by atoms with E-state index in [9.17, 15) is 19.2 Å². The lowest BCUT2D eigenvalue weighted by atomic mass is 10.0. The molecular formula is C18H32N4O5S. The van der Waals surface area contributed by atoms with Crippen LogP contribution in [-0.2, 0) is 19.1 Å². The number of nitrogens with two attached hydrogens (primary N) is 1. The Kier molecular flexibility index (Phi) is 9.22. The maximum atomic E-state index is 12.6. The van der Waals surface area contributed by atoms with Crippen molar-refractivity contribution >= 4 is 35.0 Å². The van der Waals surface area contributed by atoms with E-state index in [2.05, 4.69) is 10.0 Å². The second-order valence-electron chi connectivity index (χ2n) is 8.24. The summed E-state index contributed by atoms with van der Waals surface area (Å²) < 4.78 is 8.25. The molecule has 160 valence electrons. The third-order valence-corrected chi connectivity index (χ3v) is 4.79. The lowest BCUT2D eigenvalue weighted by Gasteiger charge is -2.28. The molecule has 3 amide bonds. The quantitative estimate of drug-likeness (QED) is 0.506. The number of amides is 3. The largest absolute Gasteiger partial charge is 0.444 e. The van der Waals surface area contributed by atoms with Crippen molar-refractivity contribution < 1.29 is 23.9 Å². The van der Waals surface area contributed by atoms with E-state index in [1.54, 1.807) is 20.8 Å². The molecule has 0 saturated carbocycles. The fourth-order valence-corrected chi connectivity index (χ4v) is 3.57. The maximum absolute atomic E-state index is 12.6. The Morgan fingerprint density at radius 1 is 1.25 bits per heavy atom. The summed E-state index contributed by atoms with van der Waals surface area (Å²) in [6.45, 7) is 9.41. The fraction of sp³-hybridized carbons (Fsp3) is 0.778. The zero-order valence-corrected chi connectivity index (χ0v) is 18.1. The molecule has 9 nitrogen and oxygen atoms in total. The van der Waals surface area contributed by atoms with Crippen molar-refractivity contribution in [3.05, 3.63) is 0 Å². The van der Waals surface area contributed by atoms with E-state index in [-0.39, 0.29) is 17.6 Å². The second kappa shape index (κ2) is 10.7. The SMILES string of the molecule is CC(C)C[C@H](NSC(=O)[C@@H]1CCCN1C(=O)OC(C)(C)C)C(=O)NCC(N)=O. The van der Waals surface area contributed by atoms with Crippen LogP contribution in [0.25, 0.3) is 0 Å². The number of nitrogens with one attached hydrogen (secondary N) is 2. The monoisotopic (exact) mass is 416 g/mol. The molecule has 1 rings (SSSR count). The van der Waals surface area contributed by atoms with E-state index < -0.39 is 35.6 Å². The summed E-state index contributed by atoms with van der Waals surface area (Å²) in [6, 6.07) is -1.26. The van der Waals surface area contributed by atoms with Crippen LogP contribution in [0.3, 0.4) is 0 Å². The topological polar surface area (TPSA) is 131 Å². The van der Waals surface area contributed by atoms with Gasteiger partial charge in [0, 0.05) is 6.54 Å². The number of likely N-dealkylation sites (tertiary alicyclic amines) is 1. The Balaban J connectivity index is 2.68. The van der Waals surface area contributed by atoms with Crippen molar-refractivity contribution in [2.45, 2.75) is 71.6 Å². The van der Waals surface area contributed by atoms with Gasteiger partial charge in [0.1, 0.15) is 11.6 Å². The molecule has 1 heterocycles. The molecule has 0 aliphatic carbocycles. The molecule has 0 spiro atoms. The molecule has 2 atom stereocenters. The molecule has 0 unspecified atom stereocenters. The number of primary amides is 1. The summed E-state index contributed by atoms with van der Waals surface area (Å²) in [6.07, 6.45) is 1.23. The van der Waals surface area contributed by atoms with Crippen molar-refractivity contribution in [3.8, 4) is 0 Å². The van der Waals surface area contributed by atoms with Gasteiger partial charge in [-0.25, -0.2) is 9.52 Å². The van der Waals surface area contributed by atoms with Gasteiger partial charge >= 0.3 is 6.09 Å². The molecular weight excluding hydrogens is 384 g/mol. The summed E-state index contributed by atoms with van der Waals surface area (Å²) in [5, 5.41) is 2.20. The number of hydrogen-bond donors (Lipinski definition) is 3. The van der Waals surface area contributed by atoms with E-state index in [1.165, 1.54) is 4.90 Å². The Morgan fingerprint density at radius 3 is 2.43 bits per heavy atom. The summed E-state index contributed by atoms with van der Waals surface area (Å²) in [5.41, 5.74) is 4.41. The van der Waals surface area contributed by atoms with E-state index in [4.69, 9.17) is 10.5 Å². The number of carbonyl (C=O) groups excluding carboxylic acids is 4. The van der Waals surface area contributed by atoms with Gasteiger partial charge in [-0.1, -0.05) is 13.8 Å². The average molecular weight is 417 g/mol. The zero-order chi connectivity index (χ0) is 21.5. The van der Waals surface area contributed by atoms with Gasteiger partial charge < -0.3 is 15.8 Å². The highest BCUT2D eigenvalue weighted by Gasteiger charge is 2.37. The third kappa shape index (κ3) is 8.47. The van der Waals surface area contributed by atoms with Gasteiger partial charge in [-0.15, -0.1) is 0 Å². The van der Waals surface area contributed by atoms with E-state index in [0.29, 0.717) is 25.8 Å². The lowest BCUT2D eigenvalue weighted by Crippen LogP contribution is -2.47.